The molecule has 35 atom stereocenters. The van der Waals surface area contributed by atoms with Gasteiger partial charge in [-0.05, 0) is 17.7 Å². The van der Waals surface area contributed by atoms with E-state index in [0.29, 0.717) is 0 Å². The monoisotopic (exact) mass is 1830 g/mol. The SMILES string of the molecule is COCC1O[C@@H](O[C@H]2C(OC)C(OC)[C@@H](O[C@H]3C(OC)C(OC)[C@H](O[C@@H]4C(COC(C)=O)O[C@H](OC(C)=O)C(N=[N+]=[N-])[C@H]4OC)O[C@H]3COC)O[C@H]2COC)C(OC)[C@@H](OC)[C@@H]1O[C@@H]1OC(COC(=O)c2ccccc2)[C@@H](O[C@@H]2O[C@@H](COC(C)=O)[C@@H](O[C@H]3O[C@@H](COC(C)=O)[C@@H](OC(C)=O)C(OC(C)=O)C3OC(C)=O)C(OC(C)=O)C2OC(C)=O)[C@H](OC)C1OC. The minimum absolute atomic E-state index is 0.0941. The minimum Gasteiger partial charge on any atom is -0.463 e. The second-order valence-electron chi connectivity index (χ2n) is 29.6. The lowest BCUT2D eigenvalue weighted by Gasteiger charge is -2.52. The summed E-state index contributed by atoms with van der Waals surface area (Å²) in [6, 6.07) is 6.47. The van der Waals surface area contributed by atoms with E-state index in [1.54, 1.807) is 18.2 Å². The Balaban J connectivity index is 1.11. The van der Waals surface area contributed by atoms with Gasteiger partial charge in [-0.2, -0.15) is 0 Å². The normalized spacial score (nSPS) is 36.7. The first-order valence-electron chi connectivity index (χ1n) is 40.2. The Hall–Kier alpha value is -7.77. The second kappa shape index (κ2) is 50.6. The number of nitrogens with zero attached hydrogens (tertiary/aromatic N) is 3. The van der Waals surface area contributed by atoms with Crippen LogP contribution in [-0.2, 0) is 209 Å². The zero-order valence-electron chi connectivity index (χ0n) is 74.3. The van der Waals surface area contributed by atoms with Gasteiger partial charge in [0.25, 0.3) is 0 Å². The van der Waals surface area contributed by atoms with Gasteiger partial charge in [0.2, 0.25) is 6.29 Å². The first-order valence-corrected chi connectivity index (χ1v) is 40.2. The summed E-state index contributed by atoms with van der Waals surface area (Å²) in [6.07, 6.45) is -50.4. The highest BCUT2D eigenvalue weighted by molar-refractivity contribution is 5.89. The van der Waals surface area contributed by atoms with Crippen molar-refractivity contribution in [3.63, 3.8) is 0 Å². The van der Waals surface area contributed by atoms with E-state index < -0.39 is 301 Å². The molecule has 0 amide bonds. The van der Waals surface area contributed by atoms with Gasteiger partial charge in [-0.3, -0.25) is 43.2 Å². The summed E-state index contributed by atoms with van der Waals surface area (Å²) in [6.45, 7) is 5.94. The molecule has 0 aliphatic carbocycles. The number of benzene rings is 1. The molecule has 1 aromatic rings. The van der Waals surface area contributed by atoms with Crippen LogP contribution < -0.4 is 0 Å². The average Bonchev–Trinajstić information content (AvgIpc) is 0.759. The Morgan fingerprint density at radius 3 is 0.780 bits per heavy atom. The molecular weight excluding hydrogens is 1710 g/mol. The van der Waals surface area contributed by atoms with E-state index in [-0.39, 0.29) is 25.4 Å². The fourth-order valence-electron chi connectivity index (χ4n) is 16.0. The molecule has 7 saturated heterocycles. The Bertz CT molecular complexity index is 3740. The summed E-state index contributed by atoms with van der Waals surface area (Å²) >= 11 is 0. The van der Waals surface area contributed by atoms with E-state index in [9.17, 15) is 53.5 Å². The zero-order chi connectivity index (χ0) is 93.2. The number of azide groups is 1. The molecule has 7 aliphatic heterocycles. The van der Waals surface area contributed by atoms with Gasteiger partial charge in [-0.1, -0.05) is 23.3 Å². The maximum atomic E-state index is 14.1. The van der Waals surface area contributed by atoms with E-state index >= 15 is 0 Å². The predicted octanol–water partition coefficient (Wildman–Crippen LogP) is -0.107. The number of carbonyl (C=O) groups is 10. The van der Waals surface area contributed by atoms with Crippen molar-refractivity contribution >= 4 is 59.7 Å². The lowest BCUT2D eigenvalue weighted by Crippen LogP contribution is -2.69. The smallest absolute Gasteiger partial charge is 0.338 e. The fraction of sp³-hybridized carbons (Fsp3) is 0.797. The molecule has 0 bridgehead atoms. The van der Waals surface area contributed by atoms with Crippen molar-refractivity contribution in [3.05, 3.63) is 46.3 Å². The lowest BCUT2D eigenvalue weighted by molar-refractivity contribution is -0.402. The third-order valence-electron chi connectivity index (χ3n) is 21.1. The summed E-state index contributed by atoms with van der Waals surface area (Å²) in [4.78, 5) is 133. The number of rotatable bonds is 43. The van der Waals surface area contributed by atoms with E-state index in [1.165, 1.54) is 104 Å². The topological polar surface area (TPSA) is 543 Å². The Morgan fingerprint density at radius 2 is 0.504 bits per heavy atom. The molecule has 0 aromatic heterocycles. The Kier molecular flexibility index (Phi) is 41.7. The van der Waals surface area contributed by atoms with Crippen LogP contribution in [0.25, 0.3) is 10.4 Å². The van der Waals surface area contributed by atoms with Gasteiger partial charge in [0.05, 0.1) is 25.4 Å². The van der Waals surface area contributed by atoms with Crippen LogP contribution in [0.2, 0.25) is 0 Å². The quantitative estimate of drug-likeness (QED) is 0.0271. The molecule has 0 N–H and O–H groups in total. The van der Waals surface area contributed by atoms with E-state index in [4.69, 9.17) is 166 Å². The van der Waals surface area contributed by atoms with Gasteiger partial charge in [0.15, 0.2) is 68.3 Å². The van der Waals surface area contributed by atoms with Crippen LogP contribution in [0.5, 0.6) is 0 Å². The van der Waals surface area contributed by atoms with Gasteiger partial charge in [-0.15, -0.1) is 0 Å². The first-order chi connectivity index (χ1) is 60.7. The van der Waals surface area contributed by atoms with Crippen molar-refractivity contribution < 1.29 is 214 Å². The van der Waals surface area contributed by atoms with Crippen LogP contribution in [-0.4, -0.2) is 406 Å². The predicted molar refractivity (Wildman–Crippen MR) is 412 cm³/mol. The molecule has 7 heterocycles. The maximum absolute atomic E-state index is 14.1. The van der Waals surface area contributed by atoms with E-state index in [1.807, 2.05) is 0 Å². The summed E-state index contributed by atoms with van der Waals surface area (Å²) in [5.74, 6) is -9.19. The van der Waals surface area contributed by atoms with Gasteiger partial charge in [0.1, 0.15) is 167 Å². The first kappa shape index (κ1) is 105. The molecule has 48 heteroatoms. The third kappa shape index (κ3) is 27.2. The van der Waals surface area contributed by atoms with Gasteiger partial charge >= 0.3 is 59.7 Å². The minimum atomic E-state index is -2.03. The molecule has 1 aromatic carbocycles. The lowest BCUT2D eigenvalue weighted by atomic mass is 9.94. The number of ether oxygens (including phenoxy) is 35. The molecular formula is C79H117N3O45. The molecule has 127 heavy (non-hydrogen) atoms. The van der Waals surface area contributed by atoms with Crippen molar-refractivity contribution in [1.82, 2.24) is 0 Å². The molecule has 48 nitrogen and oxygen atoms in total. The molecule has 8 rings (SSSR count). The van der Waals surface area contributed by atoms with Gasteiger partial charge in [0, 0.05) is 153 Å². The largest absolute Gasteiger partial charge is 0.463 e. The summed E-state index contributed by atoms with van der Waals surface area (Å²) in [5, 5.41) is 3.83. The van der Waals surface area contributed by atoms with Crippen LogP contribution in [0, 0.1) is 0 Å². The van der Waals surface area contributed by atoms with Crippen molar-refractivity contribution in [2.75, 3.05) is 132 Å². The van der Waals surface area contributed by atoms with Crippen molar-refractivity contribution in [2.45, 2.75) is 277 Å². The van der Waals surface area contributed by atoms with Gasteiger partial charge in [-0.25, -0.2) is 4.79 Å². The van der Waals surface area contributed by atoms with Crippen LogP contribution in [0.1, 0.15) is 72.7 Å². The highest BCUT2D eigenvalue weighted by Crippen LogP contribution is 2.43. The van der Waals surface area contributed by atoms with Crippen molar-refractivity contribution in [2.24, 2.45) is 5.11 Å². The standard InChI is InChI=1S/C79H117N3O45/c1-34(83)105-30-47-52(59(96-13)51(81-82-80)73(115-47)114-42(9)91)122-74-66(101-18)60(97-14)53(44(116-74)27-93-10)123-75-67(102-19)61(98-15)54(45(117-75)28-94-11)124-76-68(103-20)62(99-16)55(46(118-76)29-95-12)125-77-69(104-21)63(100-17)56(50(119-77)33-108-72(92)43-25-23-22-24-26-43)126-78-71(113-41(8)90)65(111-39(6)88)58(49(121-78)32-107-36(3)85)127-79-70(112-40(7)89)64(110-38(5)87)57(109-37(4)86)48(120-79)31-106-35(2)84/h22-26,44-71,73-79H,27-33H2,1-21H3/t44-,45-,46?,47?,48-,49-,50?,51?,52+,53+,54+,55+,56+,57+,58+,59+,60?,61?,62-,63-,64?,65?,66?,67?,68?,69?,70?,71?,73-,74-,75+,76-,77-,78-,79+/m0/s1. The van der Waals surface area contributed by atoms with Crippen LogP contribution in [0.3, 0.4) is 0 Å². The van der Waals surface area contributed by atoms with Crippen molar-refractivity contribution in [3.8, 4) is 0 Å². The van der Waals surface area contributed by atoms with Crippen molar-refractivity contribution in [1.29, 1.82) is 0 Å². The average molecular weight is 1830 g/mol. The maximum Gasteiger partial charge on any atom is 0.338 e. The van der Waals surface area contributed by atoms with Gasteiger partial charge < -0.3 is 166 Å². The number of methoxy groups -OCH3 is 12. The van der Waals surface area contributed by atoms with Crippen LogP contribution >= 0.6 is 0 Å². The molecule has 7 fully saturated rings. The Labute approximate surface area is 731 Å². The summed E-state index contributed by atoms with van der Waals surface area (Å²) < 4.78 is 217. The van der Waals surface area contributed by atoms with Crippen LogP contribution in [0.4, 0.5) is 0 Å². The number of hydrogen-bond acceptors (Lipinski definition) is 46. The number of esters is 10. The molecule has 0 saturated carbocycles. The highest BCUT2D eigenvalue weighted by Gasteiger charge is 2.63. The zero-order valence-corrected chi connectivity index (χ0v) is 74.3. The second-order valence-corrected chi connectivity index (χ2v) is 29.6. The summed E-state index contributed by atoms with van der Waals surface area (Å²) in [5.41, 5.74) is 9.78. The molecule has 7 aliphatic rings. The number of hydrogen-bond donors (Lipinski definition) is 0. The Morgan fingerprint density at radius 1 is 0.268 bits per heavy atom. The van der Waals surface area contributed by atoms with Crippen LogP contribution in [0.15, 0.2) is 35.4 Å². The summed E-state index contributed by atoms with van der Waals surface area (Å²) in [7, 11) is 16.2. The molecule has 718 valence electrons. The number of carbonyl (C=O) groups excluding carboxylic acids is 10. The fourth-order valence-corrected chi connectivity index (χ4v) is 16.0. The molecule has 0 spiro atoms. The molecule has 0 radical (unpaired) electrons. The highest BCUT2D eigenvalue weighted by atomic mass is 16.8. The third-order valence-corrected chi connectivity index (χ3v) is 21.1. The van der Waals surface area contributed by atoms with E-state index in [2.05, 4.69) is 10.0 Å². The molecule has 14 unspecified atom stereocenters. The van der Waals surface area contributed by atoms with E-state index in [0.717, 1.165) is 55.4 Å².